The van der Waals surface area contributed by atoms with Crippen LogP contribution >= 0.6 is 0 Å². The first kappa shape index (κ1) is 17.6. The highest BCUT2D eigenvalue weighted by molar-refractivity contribution is 7.88. The van der Waals surface area contributed by atoms with E-state index in [1.807, 2.05) is 31.5 Å². The molecule has 2 atom stereocenters. The van der Waals surface area contributed by atoms with Gasteiger partial charge in [0.1, 0.15) is 6.04 Å². The molecule has 0 aliphatic carbocycles. The summed E-state index contributed by atoms with van der Waals surface area (Å²) >= 11 is 0. The van der Waals surface area contributed by atoms with E-state index in [-0.39, 0.29) is 17.9 Å². The summed E-state index contributed by atoms with van der Waals surface area (Å²) in [5, 5.41) is 2.83. The maximum Gasteiger partial charge on any atom is 0.238 e. The van der Waals surface area contributed by atoms with Gasteiger partial charge in [-0.3, -0.25) is 4.79 Å². The van der Waals surface area contributed by atoms with Crippen molar-refractivity contribution in [3.63, 3.8) is 0 Å². The van der Waals surface area contributed by atoms with Crippen molar-refractivity contribution in [1.82, 2.24) is 19.6 Å². The van der Waals surface area contributed by atoms with Crippen LogP contribution in [-0.4, -0.2) is 42.2 Å². The van der Waals surface area contributed by atoms with Crippen molar-refractivity contribution in [2.75, 3.05) is 6.26 Å². The summed E-state index contributed by atoms with van der Waals surface area (Å²) < 4.78 is 27.0. The molecular formula is C13H24N4O3S. The normalized spacial score (nSPS) is 14.9. The highest BCUT2D eigenvalue weighted by atomic mass is 32.2. The first-order valence-corrected chi connectivity index (χ1v) is 8.80. The van der Waals surface area contributed by atoms with Gasteiger partial charge in [0.25, 0.3) is 0 Å². The van der Waals surface area contributed by atoms with Gasteiger partial charge in [0, 0.05) is 25.0 Å². The summed E-state index contributed by atoms with van der Waals surface area (Å²) in [6.07, 6.45) is 6.66. The Morgan fingerprint density at radius 1 is 1.33 bits per heavy atom. The van der Waals surface area contributed by atoms with Crippen molar-refractivity contribution >= 4 is 15.9 Å². The summed E-state index contributed by atoms with van der Waals surface area (Å²) in [5.74, 6) is -0.0966. The van der Waals surface area contributed by atoms with Crippen LogP contribution in [0.2, 0.25) is 0 Å². The number of amides is 1. The Balaban J connectivity index is 2.62. The van der Waals surface area contributed by atoms with E-state index in [0.717, 1.165) is 6.26 Å². The SMILES string of the molecule is CC(C)CC(NS(C)(=O)=O)C(=O)NC(C)Cn1ccnc1. The van der Waals surface area contributed by atoms with Crippen LogP contribution in [0.15, 0.2) is 18.7 Å². The molecule has 0 radical (unpaired) electrons. The second-order valence-electron chi connectivity index (χ2n) is 5.74. The third kappa shape index (κ3) is 7.24. The van der Waals surface area contributed by atoms with Gasteiger partial charge < -0.3 is 9.88 Å². The third-order valence-electron chi connectivity index (χ3n) is 2.81. The van der Waals surface area contributed by atoms with E-state index in [2.05, 4.69) is 15.0 Å². The van der Waals surface area contributed by atoms with E-state index in [9.17, 15) is 13.2 Å². The van der Waals surface area contributed by atoms with Crippen LogP contribution in [0.3, 0.4) is 0 Å². The molecule has 2 N–H and O–H groups in total. The maximum absolute atomic E-state index is 12.2. The standard InChI is InChI=1S/C13H24N4O3S/c1-10(2)7-12(16-21(4,19)20)13(18)15-11(3)8-17-6-5-14-9-17/h5-6,9-12,16H,7-8H2,1-4H3,(H,15,18). The fourth-order valence-electron chi connectivity index (χ4n) is 2.04. The van der Waals surface area contributed by atoms with E-state index in [0.29, 0.717) is 13.0 Å². The lowest BCUT2D eigenvalue weighted by atomic mass is 10.0. The van der Waals surface area contributed by atoms with Crippen molar-refractivity contribution < 1.29 is 13.2 Å². The number of rotatable bonds is 8. The second-order valence-corrected chi connectivity index (χ2v) is 7.52. The van der Waals surface area contributed by atoms with Gasteiger partial charge >= 0.3 is 0 Å². The summed E-state index contributed by atoms with van der Waals surface area (Å²) in [5.41, 5.74) is 0. The van der Waals surface area contributed by atoms with Crippen LogP contribution in [0, 0.1) is 5.92 Å². The smallest absolute Gasteiger partial charge is 0.238 e. The molecule has 0 aliphatic heterocycles. The predicted molar refractivity (Wildman–Crippen MR) is 81.1 cm³/mol. The Morgan fingerprint density at radius 3 is 2.48 bits per heavy atom. The average Bonchev–Trinajstić information content (AvgIpc) is 2.77. The van der Waals surface area contributed by atoms with Crippen LogP contribution < -0.4 is 10.0 Å². The van der Waals surface area contributed by atoms with Crippen molar-refractivity contribution in [3.8, 4) is 0 Å². The molecule has 0 bridgehead atoms. The number of aromatic nitrogens is 2. The van der Waals surface area contributed by atoms with Crippen molar-refractivity contribution in [1.29, 1.82) is 0 Å². The van der Waals surface area contributed by atoms with Gasteiger partial charge in [-0.2, -0.15) is 0 Å². The summed E-state index contributed by atoms with van der Waals surface area (Å²) in [4.78, 5) is 16.2. The number of hydrogen-bond acceptors (Lipinski definition) is 4. The van der Waals surface area contributed by atoms with E-state index in [4.69, 9.17) is 0 Å². The summed E-state index contributed by atoms with van der Waals surface area (Å²) in [6.45, 7) is 6.34. The molecule has 0 aliphatic rings. The van der Waals surface area contributed by atoms with E-state index in [1.165, 1.54) is 0 Å². The highest BCUT2D eigenvalue weighted by Crippen LogP contribution is 2.06. The molecule has 1 amide bonds. The van der Waals surface area contributed by atoms with Gasteiger partial charge in [0.15, 0.2) is 0 Å². The molecule has 1 aromatic heterocycles. The zero-order valence-electron chi connectivity index (χ0n) is 12.9. The lowest BCUT2D eigenvalue weighted by Gasteiger charge is -2.22. The van der Waals surface area contributed by atoms with E-state index in [1.54, 1.807) is 12.5 Å². The van der Waals surface area contributed by atoms with Crippen molar-refractivity contribution in [2.24, 2.45) is 5.92 Å². The van der Waals surface area contributed by atoms with Gasteiger partial charge in [0.05, 0.1) is 12.6 Å². The van der Waals surface area contributed by atoms with Gasteiger partial charge in [-0.05, 0) is 19.3 Å². The number of nitrogens with zero attached hydrogens (tertiary/aromatic N) is 2. The molecule has 2 unspecified atom stereocenters. The molecule has 0 saturated heterocycles. The van der Waals surface area contributed by atoms with Crippen LogP contribution in [0.5, 0.6) is 0 Å². The fraction of sp³-hybridized carbons (Fsp3) is 0.692. The van der Waals surface area contributed by atoms with Crippen molar-refractivity contribution in [2.45, 2.75) is 45.8 Å². The van der Waals surface area contributed by atoms with E-state index >= 15 is 0 Å². The minimum Gasteiger partial charge on any atom is -0.350 e. The number of imidazole rings is 1. The van der Waals surface area contributed by atoms with Crippen LogP contribution in [0.1, 0.15) is 27.2 Å². The third-order valence-corrected chi connectivity index (χ3v) is 3.53. The molecule has 21 heavy (non-hydrogen) atoms. The molecule has 0 aromatic carbocycles. The van der Waals surface area contributed by atoms with Crippen LogP contribution in [0.4, 0.5) is 0 Å². The zero-order valence-corrected chi connectivity index (χ0v) is 13.7. The van der Waals surface area contributed by atoms with Crippen LogP contribution in [-0.2, 0) is 21.4 Å². The number of sulfonamides is 1. The fourth-order valence-corrected chi connectivity index (χ4v) is 2.76. The molecule has 0 spiro atoms. The van der Waals surface area contributed by atoms with E-state index < -0.39 is 16.1 Å². The first-order chi connectivity index (χ1) is 9.67. The molecule has 0 fully saturated rings. The van der Waals surface area contributed by atoms with Crippen LogP contribution in [0.25, 0.3) is 0 Å². The highest BCUT2D eigenvalue weighted by Gasteiger charge is 2.24. The maximum atomic E-state index is 12.2. The number of nitrogens with one attached hydrogen (secondary N) is 2. The molecule has 7 nitrogen and oxygen atoms in total. The average molecular weight is 316 g/mol. The van der Waals surface area contributed by atoms with Gasteiger partial charge in [-0.15, -0.1) is 0 Å². The molecule has 0 saturated carbocycles. The lowest BCUT2D eigenvalue weighted by Crippen LogP contribution is -2.50. The topological polar surface area (TPSA) is 93.1 Å². The lowest BCUT2D eigenvalue weighted by molar-refractivity contribution is -0.123. The Hall–Kier alpha value is -1.41. The first-order valence-electron chi connectivity index (χ1n) is 6.91. The molecular weight excluding hydrogens is 292 g/mol. The molecule has 1 rings (SSSR count). The number of carbonyl (C=O) groups is 1. The Kier molecular flexibility index (Phi) is 6.35. The Morgan fingerprint density at radius 2 is 2.00 bits per heavy atom. The van der Waals surface area contributed by atoms with Gasteiger partial charge in [-0.25, -0.2) is 18.1 Å². The molecule has 8 heteroatoms. The minimum absolute atomic E-state index is 0.122. The molecule has 1 heterocycles. The van der Waals surface area contributed by atoms with Crippen molar-refractivity contribution in [3.05, 3.63) is 18.7 Å². The number of carbonyl (C=O) groups excluding carboxylic acids is 1. The number of hydrogen-bond donors (Lipinski definition) is 2. The summed E-state index contributed by atoms with van der Waals surface area (Å²) in [7, 11) is -3.43. The zero-order chi connectivity index (χ0) is 16.0. The Labute approximate surface area is 126 Å². The quantitative estimate of drug-likeness (QED) is 0.724. The molecule has 1 aromatic rings. The second kappa shape index (κ2) is 7.56. The summed E-state index contributed by atoms with van der Waals surface area (Å²) in [6, 6.07) is -0.868. The monoisotopic (exact) mass is 316 g/mol. The van der Waals surface area contributed by atoms with Gasteiger partial charge in [0.2, 0.25) is 15.9 Å². The largest absolute Gasteiger partial charge is 0.350 e. The predicted octanol–water partition coefficient (Wildman–Crippen LogP) is 0.352. The minimum atomic E-state index is -3.43. The molecule has 120 valence electrons. The Bertz CT molecular complexity index is 540. The van der Waals surface area contributed by atoms with Gasteiger partial charge in [-0.1, -0.05) is 13.8 Å².